The van der Waals surface area contributed by atoms with Crippen molar-refractivity contribution >= 4 is 35.1 Å². The molecule has 1 fully saturated rings. The van der Waals surface area contributed by atoms with Gasteiger partial charge in [-0.3, -0.25) is 9.59 Å². The number of amides is 1. The number of esters is 1. The Hall–Kier alpha value is -1.20. The Kier molecular flexibility index (Phi) is 4.60. The van der Waals surface area contributed by atoms with Gasteiger partial charge in [-0.05, 0) is 18.9 Å². The van der Waals surface area contributed by atoms with E-state index in [0.29, 0.717) is 29.0 Å². The van der Waals surface area contributed by atoms with Crippen LogP contribution in [0.4, 0.5) is 0 Å². The monoisotopic (exact) mass is 318 g/mol. The minimum atomic E-state index is -0.273. The van der Waals surface area contributed by atoms with E-state index in [1.54, 1.807) is 22.6 Å². The minimum absolute atomic E-state index is 0.171. The van der Waals surface area contributed by atoms with E-state index in [1.807, 2.05) is 0 Å². The highest BCUT2D eigenvalue weighted by molar-refractivity contribution is 6.41. The van der Waals surface area contributed by atoms with E-state index in [2.05, 4.69) is 0 Å². The lowest BCUT2D eigenvalue weighted by Gasteiger charge is -2.31. The summed E-state index contributed by atoms with van der Waals surface area (Å²) in [6, 6.07) is 1.55. The van der Waals surface area contributed by atoms with Crippen molar-refractivity contribution in [3.05, 3.63) is 21.9 Å². The van der Waals surface area contributed by atoms with Gasteiger partial charge >= 0.3 is 5.97 Å². The first kappa shape index (κ1) is 15.2. The average Bonchev–Trinajstić information content (AvgIpc) is 2.73. The third kappa shape index (κ3) is 2.79. The Morgan fingerprint density at radius 1 is 1.40 bits per heavy atom. The van der Waals surface area contributed by atoms with E-state index < -0.39 is 0 Å². The van der Waals surface area contributed by atoms with Gasteiger partial charge in [0.15, 0.2) is 0 Å². The lowest BCUT2D eigenvalue weighted by Crippen LogP contribution is -2.43. The summed E-state index contributed by atoms with van der Waals surface area (Å²) in [7, 11) is 3.04. The van der Waals surface area contributed by atoms with Crippen molar-refractivity contribution < 1.29 is 14.3 Å². The molecule has 110 valence electrons. The second kappa shape index (κ2) is 6.06. The van der Waals surface area contributed by atoms with Gasteiger partial charge in [-0.15, -0.1) is 0 Å². The third-order valence-corrected chi connectivity index (χ3v) is 4.42. The molecule has 1 saturated heterocycles. The topological polar surface area (TPSA) is 51.5 Å². The molecule has 0 radical (unpaired) electrons. The third-order valence-electron chi connectivity index (χ3n) is 3.58. The predicted octanol–water partition coefficient (Wildman–Crippen LogP) is 2.36. The van der Waals surface area contributed by atoms with Crippen molar-refractivity contribution in [2.24, 2.45) is 13.0 Å². The zero-order valence-electron chi connectivity index (χ0n) is 11.4. The van der Waals surface area contributed by atoms with E-state index in [4.69, 9.17) is 27.9 Å². The number of likely N-dealkylation sites (tertiary alicyclic amines) is 1. The van der Waals surface area contributed by atoms with Crippen LogP contribution in [0.15, 0.2) is 6.07 Å². The molecule has 1 aliphatic rings. The number of aromatic nitrogens is 1. The van der Waals surface area contributed by atoms with Crippen molar-refractivity contribution in [1.29, 1.82) is 0 Å². The summed E-state index contributed by atoms with van der Waals surface area (Å²) in [6.07, 6.45) is 1.52. The molecular weight excluding hydrogens is 303 g/mol. The molecule has 5 nitrogen and oxygen atoms in total. The fourth-order valence-corrected chi connectivity index (χ4v) is 2.81. The lowest BCUT2D eigenvalue weighted by molar-refractivity contribution is -0.146. The molecule has 0 bridgehead atoms. The molecule has 0 N–H and O–H groups in total. The van der Waals surface area contributed by atoms with Crippen LogP contribution in [0.2, 0.25) is 10.2 Å². The van der Waals surface area contributed by atoms with Crippen LogP contribution >= 0.6 is 23.2 Å². The number of rotatable bonds is 2. The maximum Gasteiger partial charge on any atom is 0.310 e. The summed E-state index contributed by atoms with van der Waals surface area (Å²) >= 11 is 11.9. The molecule has 2 heterocycles. The minimum Gasteiger partial charge on any atom is -0.469 e. The smallest absolute Gasteiger partial charge is 0.310 e. The van der Waals surface area contributed by atoms with Gasteiger partial charge in [0.25, 0.3) is 5.91 Å². The fraction of sp³-hybridized carbons (Fsp3) is 0.538. The molecule has 1 amide bonds. The van der Waals surface area contributed by atoms with Gasteiger partial charge < -0.3 is 14.2 Å². The zero-order chi connectivity index (χ0) is 14.9. The first-order valence-electron chi connectivity index (χ1n) is 6.33. The molecule has 1 aromatic heterocycles. The summed E-state index contributed by atoms with van der Waals surface area (Å²) in [4.78, 5) is 25.7. The zero-order valence-corrected chi connectivity index (χ0v) is 12.9. The normalized spacial score (nSPS) is 19.0. The van der Waals surface area contributed by atoms with Crippen LogP contribution in [0.3, 0.4) is 0 Å². The highest BCUT2D eigenvalue weighted by atomic mass is 35.5. The summed E-state index contributed by atoms with van der Waals surface area (Å²) < 4.78 is 6.30. The van der Waals surface area contributed by atoms with Crippen molar-refractivity contribution in [3.63, 3.8) is 0 Å². The molecule has 7 heteroatoms. The number of methoxy groups -OCH3 is 1. The Bertz CT molecular complexity index is 542. The van der Waals surface area contributed by atoms with Crippen LogP contribution in [0.25, 0.3) is 0 Å². The van der Waals surface area contributed by atoms with Crippen LogP contribution in [-0.4, -0.2) is 41.5 Å². The molecule has 0 aromatic carbocycles. The molecule has 1 aliphatic heterocycles. The maximum absolute atomic E-state index is 12.5. The summed E-state index contributed by atoms with van der Waals surface area (Å²) in [5.41, 5.74) is 0.422. The van der Waals surface area contributed by atoms with Gasteiger partial charge in [-0.1, -0.05) is 23.2 Å². The molecule has 0 aliphatic carbocycles. The van der Waals surface area contributed by atoms with E-state index in [-0.39, 0.29) is 17.8 Å². The summed E-state index contributed by atoms with van der Waals surface area (Å²) in [6.45, 7) is 0.985. The molecular formula is C13H16Cl2N2O3. The Morgan fingerprint density at radius 3 is 2.65 bits per heavy atom. The maximum atomic E-state index is 12.5. The number of piperidine rings is 1. The summed E-state index contributed by atoms with van der Waals surface area (Å²) in [5.74, 6) is -0.704. The van der Waals surface area contributed by atoms with Crippen LogP contribution < -0.4 is 0 Å². The van der Waals surface area contributed by atoms with Crippen LogP contribution in [0.1, 0.15) is 23.3 Å². The Morgan fingerprint density at radius 2 is 2.10 bits per heavy atom. The van der Waals surface area contributed by atoms with E-state index >= 15 is 0 Å². The molecule has 1 aromatic rings. The van der Waals surface area contributed by atoms with Gasteiger partial charge in [0.2, 0.25) is 0 Å². The first-order chi connectivity index (χ1) is 9.45. The van der Waals surface area contributed by atoms with Gasteiger partial charge in [-0.2, -0.15) is 0 Å². The average molecular weight is 319 g/mol. The van der Waals surface area contributed by atoms with Crippen LogP contribution in [0.5, 0.6) is 0 Å². The van der Waals surface area contributed by atoms with Gasteiger partial charge in [0.1, 0.15) is 10.8 Å². The second-order valence-corrected chi connectivity index (χ2v) is 5.61. The van der Waals surface area contributed by atoms with E-state index in [0.717, 1.165) is 12.8 Å². The molecule has 20 heavy (non-hydrogen) atoms. The molecule has 0 spiro atoms. The van der Waals surface area contributed by atoms with Crippen molar-refractivity contribution in [2.75, 3.05) is 20.2 Å². The van der Waals surface area contributed by atoms with Crippen LogP contribution in [0, 0.1) is 5.92 Å². The number of nitrogens with zero attached hydrogens (tertiary/aromatic N) is 2. The number of hydrogen-bond acceptors (Lipinski definition) is 3. The fourth-order valence-electron chi connectivity index (χ4n) is 2.43. The van der Waals surface area contributed by atoms with Gasteiger partial charge in [0, 0.05) is 20.1 Å². The molecule has 1 atom stereocenters. The van der Waals surface area contributed by atoms with Crippen molar-refractivity contribution in [2.45, 2.75) is 12.8 Å². The molecule has 0 unspecified atom stereocenters. The lowest BCUT2D eigenvalue weighted by atomic mass is 9.98. The number of ether oxygens (including phenoxy) is 1. The highest BCUT2D eigenvalue weighted by Gasteiger charge is 2.30. The molecule has 2 rings (SSSR count). The number of halogens is 2. The Labute approximate surface area is 127 Å². The van der Waals surface area contributed by atoms with Crippen LogP contribution in [-0.2, 0) is 16.6 Å². The van der Waals surface area contributed by atoms with Gasteiger partial charge in [0.05, 0.1) is 18.1 Å². The summed E-state index contributed by atoms with van der Waals surface area (Å²) in [5, 5.41) is 0.676. The number of carbonyl (C=O) groups is 2. The van der Waals surface area contributed by atoms with E-state index in [1.165, 1.54) is 7.11 Å². The number of carbonyl (C=O) groups excluding carboxylic acids is 2. The van der Waals surface area contributed by atoms with Crippen molar-refractivity contribution in [3.8, 4) is 0 Å². The number of hydrogen-bond donors (Lipinski definition) is 0. The standard InChI is InChI=1S/C13H16Cl2N2O3/c1-16-10(6-9(14)11(16)15)12(18)17-5-3-4-8(7-17)13(19)20-2/h6,8H,3-5,7H2,1-2H3/t8-/m0/s1. The van der Waals surface area contributed by atoms with E-state index in [9.17, 15) is 9.59 Å². The SMILES string of the molecule is COC(=O)[C@H]1CCCN(C(=O)c2cc(Cl)c(Cl)n2C)C1. The largest absolute Gasteiger partial charge is 0.469 e. The van der Waals surface area contributed by atoms with Crippen molar-refractivity contribution in [1.82, 2.24) is 9.47 Å². The second-order valence-electron chi connectivity index (χ2n) is 4.84. The highest BCUT2D eigenvalue weighted by Crippen LogP contribution is 2.27. The van der Waals surface area contributed by atoms with Gasteiger partial charge in [-0.25, -0.2) is 0 Å². The Balaban J connectivity index is 2.16. The predicted molar refractivity (Wildman–Crippen MR) is 76.1 cm³/mol. The molecule has 0 saturated carbocycles. The first-order valence-corrected chi connectivity index (χ1v) is 7.09. The quantitative estimate of drug-likeness (QED) is 0.786.